The summed E-state index contributed by atoms with van der Waals surface area (Å²) in [5, 5.41) is 3.99. The first-order valence-electron chi connectivity index (χ1n) is 12.1. The molecule has 1 aromatic heterocycles. The van der Waals surface area contributed by atoms with Crippen molar-refractivity contribution >= 4 is 28.5 Å². The predicted octanol–water partition coefficient (Wildman–Crippen LogP) is 4.95. The van der Waals surface area contributed by atoms with Gasteiger partial charge in [0.25, 0.3) is 5.91 Å². The Labute approximate surface area is 210 Å². The van der Waals surface area contributed by atoms with E-state index >= 15 is 0 Å². The Morgan fingerprint density at radius 1 is 0.889 bits per heavy atom. The van der Waals surface area contributed by atoms with Crippen LogP contribution < -0.4 is 10.1 Å². The van der Waals surface area contributed by atoms with Crippen molar-refractivity contribution in [2.45, 2.75) is 13.0 Å². The third-order valence-corrected chi connectivity index (χ3v) is 6.70. The van der Waals surface area contributed by atoms with E-state index in [1.807, 2.05) is 71.6 Å². The van der Waals surface area contributed by atoms with Crippen LogP contribution in [0, 0.1) is 0 Å². The number of carbonyl (C=O) groups is 2. The number of anilines is 1. The van der Waals surface area contributed by atoms with Gasteiger partial charge in [-0.3, -0.25) is 14.5 Å². The Hall–Kier alpha value is -4.10. The molecule has 1 aliphatic rings. The Morgan fingerprint density at radius 3 is 2.22 bits per heavy atom. The highest BCUT2D eigenvalue weighted by atomic mass is 16.5. The van der Waals surface area contributed by atoms with Gasteiger partial charge < -0.3 is 19.4 Å². The molecule has 0 radical (unpaired) electrons. The Morgan fingerprint density at radius 2 is 1.56 bits per heavy atom. The van der Waals surface area contributed by atoms with E-state index in [0.717, 1.165) is 16.7 Å². The molecule has 1 atom stereocenters. The highest BCUT2D eigenvalue weighted by Gasteiger charge is 2.33. The van der Waals surface area contributed by atoms with E-state index in [4.69, 9.17) is 9.15 Å². The van der Waals surface area contributed by atoms with E-state index in [1.165, 1.54) is 0 Å². The third kappa shape index (κ3) is 4.70. The van der Waals surface area contributed by atoms with Crippen molar-refractivity contribution in [1.29, 1.82) is 0 Å². The number of para-hydroxylation sites is 1. The molecule has 2 amide bonds. The fraction of sp³-hybridized carbons (Fsp3) is 0.241. The fourth-order valence-corrected chi connectivity index (χ4v) is 4.77. The van der Waals surface area contributed by atoms with Crippen molar-refractivity contribution in [3.63, 3.8) is 0 Å². The SMILES string of the molecule is COc1ccc(C(c2oc3ccccc3c2NC(=O)c2ccccc2)N2CCN(C(C)=O)CC2)cc1. The molecule has 2 heterocycles. The van der Waals surface area contributed by atoms with Crippen LogP contribution in [0.25, 0.3) is 11.0 Å². The summed E-state index contributed by atoms with van der Waals surface area (Å²) in [5.74, 6) is 1.32. The average molecular weight is 484 g/mol. The number of nitrogens with zero attached hydrogens (tertiary/aromatic N) is 2. The third-order valence-electron chi connectivity index (χ3n) is 6.70. The van der Waals surface area contributed by atoms with Gasteiger partial charge in [0.15, 0.2) is 0 Å². The van der Waals surface area contributed by atoms with Crippen molar-refractivity contribution in [2.75, 3.05) is 38.6 Å². The highest BCUT2D eigenvalue weighted by Crippen LogP contribution is 2.41. The first-order chi connectivity index (χ1) is 17.5. The molecule has 0 spiro atoms. The van der Waals surface area contributed by atoms with Crippen molar-refractivity contribution in [3.05, 3.63) is 95.7 Å². The Kier molecular flexibility index (Phi) is 6.73. The lowest BCUT2D eigenvalue weighted by atomic mass is 9.99. The van der Waals surface area contributed by atoms with Gasteiger partial charge in [0.05, 0.1) is 18.8 Å². The zero-order valence-corrected chi connectivity index (χ0v) is 20.4. The molecule has 0 saturated carbocycles. The molecular weight excluding hydrogens is 454 g/mol. The monoisotopic (exact) mass is 483 g/mol. The van der Waals surface area contributed by atoms with Gasteiger partial charge in [0.1, 0.15) is 17.1 Å². The van der Waals surface area contributed by atoms with E-state index in [0.29, 0.717) is 48.8 Å². The van der Waals surface area contributed by atoms with Crippen molar-refractivity contribution < 1.29 is 18.7 Å². The smallest absolute Gasteiger partial charge is 0.255 e. The van der Waals surface area contributed by atoms with Crippen LogP contribution in [0.3, 0.4) is 0 Å². The topological polar surface area (TPSA) is 75.0 Å². The molecule has 1 unspecified atom stereocenters. The van der Waals surface area contributed by atoms with Crippen molar-refractivity contribution in [1.82, 2.24) is 9.80 Å². The zero-order valence-electron chi connectivity index (χ0n) is 20.4. The Balaban J connectivity index is 1.59. The molecule has 3 aromatic carbocycles. The zero-order chi connectivity index (χ0) is 25.1. The van der Waals surface area contributed by atoms with Gasteiger partial charge >= 0.3 is 0 Å². The van der Waals surface area contributed by atoms with E-state index in [2.05, 4.69) is 10.2 Å². The molecule has 7 heteroatoms. The molecule has 1 aliphatic heterocycles. The molecule has 0 aliphatic carbocycles. The fourth-order valence-electron chi connectivity index (χ4n) is 4.77. The second kappa shape index (κ2) is 10.3. The minimum Gasteiger partial charge on any atom is -0.497 e. The summed E-state index contributed by atoms with van der Waals surface area (Å²) >= 11 is 0. The van der Waals surface area contributed by atoms with Gasteiger partial charge in [0.2, 0.25) is 5.91 Å². The predicted molar refractivity (Wildman–Crippen MR) is 139 cm³/mol. The summed E-state index contributed by atoms with van der Waals surface area (Å²) in [7, 11) is 1.64. The highest BCUT2D eigenvalue weighted by molar-refractivity contribution is 6.09. The molecule has 1 N–H and O–H groups in total. The standard InChI is InChI=1S/C29H29N3O4/c1-20(33)31-16-18-32(19-17-31)27(21-12-14-23(35-2)15-13-21)28-26(24-10-6-7-11-25(24)36-28)30-29(34)22-8-4-3-5-9-22/h3-15,27H,16-19H2,1-2H3,(H,30,34). The van der Waals surface area contributed by atoms with Crippen LogP contribution in [0.1, 0.15) is 34.6 Å². The van der Waals surface area contributed by atoms with Crippen LogP contribution in [0.5, 0.6) is 5.75 Å². The number of fused-ring (bicyclic) bond motifs is 1. The summed E-state index contributed by atoms with van der Waals surface area (Å²) in [4.78, 5) is 29.3. The van der Waals surface area contributed by atoms with Crippen molar-refractivity contribution in [2.24, 2.45) is 0 Å². The Bertz CT molecular complexity index is 1360. The number of rotatable bonds is 6. The van der Waals surface area contributed by atoms with Crippen LogP contribution in [0.2, 0.25) is 0 Å². The van der Waals surface area contributed by atoms with Crippen LogP contribution in [-0.4, -0.2) is 54.9 Å². The number of amides is 2. The number of methoxy groups -OCH3 is 1. The summed E-state index contributed by atoms with van der Waals surface area (Å²) in [6, 6.07) is 24.5. The number of hydrogen-bond acceptors (Lipinski definition) is 5. The second-order valence-corrected chi connectivity index (χ2v) is 8.88. The maximum atomic E-state index is 13.2. The maximum absolute atomic E-state index is 13.2. The van der Waals surface area contributed by atoms with Gasteiger partial charge in [-0.1, -0.05) is 42.5 Å². The van der Waals surface area contributed by atoms with Gasteiger partial charge in [-0.15, -0.1) is 0 Å². The van der Waals surface area contributed by atoms with Gasteiger partial charge in [-0.05, 0) is 42.0 Å². The molecule has 4 aromatic rings. The van der Waals surface area contributed by atoms with Crippen LogP contribution in [-0.2, 0) is 4.79 Å². The number of ether oxygens (including phenoxy) is 1. The molecule has 7 nitrogen and oxygen atoms in total. The lowest BCUT2D eigenvalue weighted by Gasteiger charge is -2.38. The molecule has 1 fully saturated rings. The number of benzene rings is 3. The summed E-state index contributed by atoms with van der Waals surface area (Å²) < 4.78 is 11.8. The minimum absolute atomic E-state index is 0.0789. The normalized spacial score (nSPS) is 15.0. The molecule has 1 saturated heterocycles. The van der Waals surface area contributed by atoms with E-state index in [-0.39, 0.29) is 17.9 Å². The number of piperazine rings is 1. The number of furan rings is 1. The van der Waals surface area contributed by atoms with Gasteiger partial charge in [-0.2, -0.15) is 0 Å². The van der Waals surface area contributed by atoms with Crippen LogP contribution in [0.15, 0.2) is 83.3 Å². The molecular formula is C29H29N3O4. The number of carbonyl (C=O) groups excluding carboxylic acids is 2. The van der Waals surface area contributed by atoms with Crippen molar-refractivity contribution in [3.8, 4) is 5.75 Å². The summed E-state index contributed by atoms with van der Waals surface area (Å²) in [5.41, 5.74) is 2.96. The maximum Gasteiger partial charge on any atom is 0.255 e. The van der Waals surface area contributed by atoms with Gasteiger partial charge in [0, 0.05) is 44.1 Å². The lowest BCUT2D eigenvalue weighted by Crippen LogP contribution is -2.49. The summed E-state index contributed by atoms with van der Waals surface area (Å²) in [6.45, 7) is 4.23. The first-order valence-corrected chi connectivity index (χ1v) is 12.1. The first kappa shape index (κ1) is 23.6. The van der Waals surface area contributed by atoms with Crippen LogP contribution in [0.4, 0.5) is 5.69 Å². The molecule has 36 heavy (non-hydrogen) atoms. The van der Waals surface area contributed by atoms with E-state index in [1.54, 1.807) is 26.2 Å². The molecule has 0 bridgehead atoms. The largest absolute Gasteiger partial charge is 0.497 e. The lowest BCUT2D eigenvalue weighted by molar-refractivity contribution is -0.130. The summed E-state index contributed by atoms with van der Waals surface area (Å²) in [6.07, 6.45) is 0. The average Bonchev–Trinajstić information content (AvgIpc) is 3.27. The number of nitrogens with one attached hydrogen (secondary N) is 1. The van der Waals surface area contributed by atoms with Crippen LogP contribution >= 0.6 is 0 Å². The second-order valence-electron chi connectivity index (χ2n) is 8.88. The number of hydrogen-bond donors (Lipinski definition) is 1. The van der Waals surface area contributed by atoms with Gasteiger partial charge in [-0.25, -0.2) is 0 Å². The molecule has 5 rings (SSSR count). The minimum atomic E-state index is -0.261. The van der Waals surface area contributed by atoms with E-state index in [9.17, 15) is 9.59 Å². The molecule has 184 valence electrons. The quantitative estimate of drug-likeness (QED) is 0.420. The van der Waals surface area contributed by atoms with E-state index < -0.39 is 0 Å².